The van der Waals surface area contributed by atoms with Crippen molar-refractivity contribution in [2.45, 2.75) is 19.4 Å². The van der Waals surface area contributed by atoms with Gasteiger partial charge < -0.3 is 19.9 Å². The second kappa shape index (κ2) is 7.20. The molecular formula is C12H16F3NO3. The summed E-state index contributed by atoms with van der Waals surface area (Å²) in [4.78, 5) is 0. The lowest BCUT2D eigenvalue weighted by Gasteiger charge is -2.16. The third kappa shape index (κ3) is 6.30. The largest absolute Gasteiger partial charge is 0.573 e. The van der Waals surface area contributed by atoms with Crippen LogP contribution in [-0.2, 0) is 0 Å². The quantitative estimate of drug-likeness (QED) is 0.801. The summed E-state index contributed by atoms with van der Waals surface area (Å²) in [6, 6.07) is 5.43. The highest BCUT2D eigenvalue weighted by molar-refractivity contribution is 5.39. The van der Waals surface area contributed by atoms with E-state index in [2.05, 4.69) is 10.1 Å². The van der Waals surface area contributed by atoms with Crippen LogP contribution in [0.3, 0.4) is 0 Å². The van der Waals surface area contributed by atoms with Crippen LogP contribution >= 0.6 is 0 Å². The highest BCUT2D eigenvalue weighted by Crippen LogP contribution is 2.31. The van der Waals surface area contributed by atoms with Crippen molar-refractivity contribution in [1.82, 2.24) is 5.32 Å². The molecule has 0 aliphatic heterocycles. The summed E-state index contributed by atoms with van der Waals surface area (Å²) in [6.07, 6.45) is -5.58. The Balaban J connectivity index is 2.58. The summed E-state index contributed by atoms with van der Waals surface area (Å²) in [5, 5.41) is 12.4. The number of nitrogens with one attached hydrogen (secondary N) is 1. The molecule has 2 N–H and O–H groups in total. The number of aliphatic hydroxyl groups is 1. The number of hydrogen-bond acceptors (Lipinski definition) is 4. The van der Waals surface area contributed by atoms with Gasteiger partial charge in [-0.2, -0.15) is 0 Å². The molecule has 0 aliphatic rings. The normalized spacial score (nSPS) is 13.1. The van der Waals surface area contributed by atoms with Gasteiger partial charge in [0.1, 0.15) is 12.7 Å². The van der Waals surface area contributed by atoms with Crippen LogP contribution in [0, 0.1) is 0 Å². The van der Waals surface area contributed by atoms with Gasteiger partial charge in [-0.1, -0.05) is 19.1 Å². The van der Waals surface area contributed by atoms with Gasteiger partial charge >= 0.3 is 6.36 Å². The Bertz CT molecular complexity index is 385. The molecule has 0 fully saturated rings. The van der Waals surface area contributed by atoms with E-state index in [1.807, 2.05) is 6.92 Å². The Labute approximate surface area is 109 Å². The number of para-hydroxylation sites is 2. The standard InChI is InChI=1S/C12H16F3NO3/c1-2-16-7-9(17)8-18-10-5-3-4-6-11(10)19-12(13,14)15/h3-6,9,16-17H,2,7-8H2,1H3. The maximum atomic E-state index is 12.1. The average molecular weight is 279 g/mol. The first kappa shape index (κ1) is 15.6. The lowest BCUT2D eigenvalue weighted by atomic mass is 10.3. The Kier molecular flexibility index (Phi) is 5.91. The molecular weight excluding hydrogens is 263 g/mol. The first-order valence-electron chi connectivity index (χ1n) is 5.78. The molecule has 4 nitrogen and oxygen atoms in total. The molecule has 19 heavy (non-hydrogen) atoms. The van der Waals surface area contributed by atoms with Crippen LogP contribution in [0.5, 0.6) is 11.5 Å². The monoisotopic (exact) mass is 279 g/mol. The van der Waals surface area contributed by atoms with E-state index in [1.165, 1.54) is 18.2 Å². The smallest absolute Gasteiger partial charge is 0.487 e. The van der Waals surface area contributed by atoms with E-state index in [0.717, 1.165) is 6.07 Å². The Morgan fingerprint density at radius 3 is 2.47 bits per heavy atom. The molecule has 0 aromatic heterocycles. The van der Waals surface area contributed by atoms with Crippen molar-refractivity contribution in [3.05, 3.63) is 24.3 Å². The molecule has 1 aromatic carbocycles. The number of halogens is 3. The fourth-order valence-corrected chi connectivity index (χ4v) is 1.33. The fourth-order valence-electron chi connectivity index (χ4n) is 1.33. The molecule has 0 aliphatic carbocycles. The van der Waals surface area contributed by atoms with Gasteiger partial charge in [-0.15, -0.1) is 13.2 Å². The van der Waals surface area contributed by atoms with Crippen LogP contribution in [0.25, 0.3) is 0 Å². The summed E-state index contributed by atoms with van der Waals surface area (Å²) >= 11 is 0. The molecule has 1 atom stereocenters. The zero-order valence-corrected chi connectivity index (χ0v) is 10.4. The fraction of sp³-hybridized carbons (Fsp3) is 0.500. The third-order valence-electron chi connectivity index (χ3n) is 2.14. The number of likely N-dealkylation sites (N-methyl/N-ethyl adjacent to an activating group) is 1. The number of aliphatic hydroxyl groups excluding tert-OH is 1. The van der Waals surface area contributed by atoms with Crippen LogP contribution < -0.4 is 14.8 Å². The molecule has 0 saturated heterocycles. The summed E-state index contributed by atoms with van der Waals surface area (Å²) in [7, 11) is 0. The molecule has 0 amide bonds. The minimum Gasteiger partial charge on any atom is -0.487 e. The second-order valence-electron chi connectivity index (χ2n) is 3.77. The molecule has 108 valence electrons. The van der Waals surface area contributed by atoms with Gasteiger partial charge in [-0.05, 0) is 18.7 Å². The Morgan fingerprint density at radius 1 is 1.26 bits per heavy atom. The van der Waals surface area contributed by atoms with Crippen molar-refractivity contribution in [3.63, 3.8) is 0 Å². The van der Waals surface area contributed by atoms with Crippen molar-refractivity contribution in [1.29, 1.82) is 0 Å². The summed E-state index contributed by atoms with van der Waals surface area (Å²) in [5.74, 6) is -0.485. The minimum absolute atomic E-state index is 0.0598. The van der Waals surface area contributed by atoms with Gasteiger partial charge in [0.15, 0.2) is 11.5 Å². The van der Waals surface area contributed by atoms with E-state index in [-0.39, 0.29) is 12.4 Å². The molecule has 0 bridgehead atoms. The maximum Gasteiger partial charge on any atom is 0.573 e. The van der Waals surface area contributed by atoms with E-state index in [1.54, 1.807) is 0 Å². The van der Waals surface area contributed by atoms with E-state index >= 15 is 0 Å². The van der Waals surface area contributed by atoms with E-state index in [0.29, 0.717) is 13.1 Å². The van der Waals surface area contributed by atoms with Crippen LogP contribution in [0.4, 0.5) is 13.2 Å². The van der Waals surface area contributed by atoms with E-state index < -0.39 is 18.2 Å². The van der Waals surface area contributed by atoms with E-state index in [9.17, 15) is 18.3 Å². The highest BCUT2D eigenvalue weighted by Gasteiger charge is 2.32. The number of hydrogen-bond donors (Lipinski definition) is 2. The molecule has 0 radical (unpaired) electrons. The lowest BCUT2D eigenvalue weighted by molar-refractivity contribution is -0.275. The van der Waals surface area contributed by atoms with Crippen LogP contribution in [0.2, 0.25) is 0 Å². The van der Waals surface area contributed by atoms with Crippen molar-refractivity contribution < 1.29 is 27.8 Å². The van der Waals surface area contributed by atoms with Crippen molar-refractivity contribution >= 4 is 0 Å². The number of ether oxygens (including phenoxy) is 2. The zero-order chi connectivity index (χ0) is 14.3. The van der Waals surface area contributed by atoms with Gasteiger partial charge in [0.25, 0.3) is 0 Å². The highest BCUT2D eigenvalue weighted by atomic mass is 19.4. The number of rotatable bonds is 7. The third-order valence-corrected chi connectivity index (χ3v) is 2.14. The molecule has 0 spiro atoms. The average Bonchev–Trinajstić information content (AvgIpc) is 2.33. The van der Waals surface area contributed by atoms with E-state index in [4.69, 9.17) is 4.74 Å². The summed E-state index contributed by atoms with van der Waals surface area (Å²) in [5.41, 5.74) is 0. The maximum absolute atomic E-state index is 12.1. The van der Waals surface area contributed by atoms with Gasteiger partial charge in [-0.3, -0.25) is 0 Å². The SMILES string of the molecule is CCNCC(O)COc1ccccc1OC(F)(F)F. The van der Waals surface area contributed by atoms with Gasteiger partial charge in [0.05, 0.1) is 0 Å². The van der Waals surface area contributed by atoms with Crippen molar-refractivity contribution in [2.24, 2.45) is 0 Å². The predicted octanol–water partition coefficient (Wildman–Crippen LogP) is 1.93. The zero-order valence-electron chi connectivity index (χ0n) is 10.4. The van der Waals surface area contributed by atoms with Gasteiger partial charge in [-0.25, -0.2) is 0 Å². The second-order valence-corrected chi connectivity index (χ2v) is 3.77. The summed E-state index contributed by atoms with van der Waals surface area (Å²) < 4.78 is 45.4. The Hall–Kier alpha value is -1.47. The Morgan fingerprint density at radius 2 is 1.89 bits per heavy atom. The molecule has 1 rings (SSSR count). The molecule has 7 heteroatoms. The molecule has 1 unspecified atom stereocenters. The molecule has 1 aromatic rings. The minimum atomic E-state index is -4.78. The number of benzene rings is 1. The lowest BCUT2D eigenvalue weighted by Crippen LogP contribution is -2.31. The first-order chi connectivity index (χ1) is 8.92. The van der Waals surface area contributed by atoms with Crippen LogP contribution in [0.1, 0.15) is 6.92 Å². The van der Waals surface area contributed by atoms with Crippen molar-refractivity contribution in [2.75, 3.05) is 19.7 Å². The van der Waals surface area contributed by atoms with Crippen molar-refractivity contribution in [3.8, 4) is 11.5 Å². The van der Waals surface area contributed by atoms with Crippen LogP contribution in [0.15, 0.2) is 24.3 Å². The summed E-state index contributed by atoms with van der Waals surface area (Å²) in [6.45, 7) is 2.74. The topological polar surface area (TPSA) is 50.7 Å². The van der Waals surface area contributed by atoms with Gasteiger partial charge in [0, 0.05) is 6.54 Å². The molecule has 0 saturated carbocycles. The first-order valence-corrected chi connectivity index (χ1v) is 5.78. The molecule has 0 heterocycles. The van der Waals surface area contributed by atoms with Crippen LogP contribution in [-0.4, -0.2) is 37.3 Å². The number of alkyl halides is 3. The predicted molar refractivity (Wildman–Crippen MR) is 63.2 cm³/mol. The van der Waals surface area contributed by atoms with Gasteiger partial charge in [0.2, 0.25) is 0 Å².